The van der Waals surface area contributed by atoms with Gasteiger partial charge in [-0.25, -0.2) is 4.79 Å². The van der Waals surface area contributed by atoms with E-state index in [4.69, 9.17) is 9.99 Å². The lowest BCUT2D eigenvalue weighted by molar-refractivity contribution is -0.182. The van der Waals surface area contributed by atoms with Crippen LogP contribution in [0.2, 0.25) is 0 Å². The molecule has 0 radical (unpaired) electrons. The highest BCUT2D eigenvalue weighted by atomic mass is 17.1. The van der Waals surface area contributed by atoms with Gasteiger partial charge in [0.15, 0.2) is 0 Å². The van der Waals surface area contributed by atoms with E-state index in [2.05, 4.69) is 11.5 Å². The van der Waals surface area contributed by atoms with Gasteiger partial charge in [-0.3, -0.25) is 4.89 Å². The normalized spacial score (nSPS) is 9.21. The Morgan fingerprint density at radius 2 is 2.21 bits per heavy atom. The van der Waals surface area contributed by atoms with Crippen LogP contribution in [0.3, 0.4) is 0 Å². The number of rotatable bonds is 4. The summed E-state index contributed by atoms with van der Waals surface area (Å²) in [6.45, 7) is 3.77. The first-order valence-corrected chi connectivity index (χ1v) is 3.98. The minimum absolute atomic E-state index is 0.178. The summed E-state index contributed by atoms with van der Waals surface area (Å²) in [5.41, 5.74) is 0.178. The predicted octanol–water partition coefficient (Wildman–Crippen LogP) is 1.88. The maximum absolute atomic E-state index is 11.0. The molecule has 0 saturated heterocycles. The molecule has 0 atom stereocenters. The molecule has 0 aliphatic rings. The first kappa shape index (κ1) is 10.3. The lowest BCUT2D eigenvalue weighted by Gasteiger charge is -2.06. The summed E-state index contributed by atoms with van der Waals surface area (Å²) < 4.78 is 5.18. The van der Waals surface area contributed by atoms with E-state index >= 15 is 0 Å². The lowest BCUT2D eigenvalue weighted by Crippen LogP contribution is -2.05. The van der Waals surface area contributed by atoms with Gasteiger partial charge in [0.2, 0.25) is 0 Å². The van der Waals surface area contributed by atoms with E-state index in [9.17, 15) is 4.79 Å². The van der Waals surface area contributed by atoms with Crippen molar-refractivity contribution in [3.8, 4) is 5.75 Å². The summed E-state index contributed by atoms with van der Waals surface area (Å²) in [4.78, 5) is 14.6. The molecule has 0 amide bonds. The fraction of sp³-hybridized carbons (Fsp3) is 0.100. The molecule has 1 rings (SSSR count). The molecule has 0 fully saturated rings. The highest BCUT2D eigenvalue weighted by Crippen LogP contribution is 2.18. The molecule has 4 nitrogen and oxygen atoms in total. The highest BCUT2D eigenvalue weighted by molar-refractivity contribution is 5.91. The Hall–Kier alpha value is -1.81. The summed E-state index contributed by atoms with van der Waals surface area (Å²) in [6.07, 6.45) is 1.56. The fourth-order valence-electron chi connectivity index (χ4n) is 0.959. The SMILES string of the molecule is C=CCOc1ccccc1C(=O)OO. The van der Waals surface area contributed by atoms with Crippen LogP contribution in [0.1, 0.15) is 10.4 Å². The number of ether oxygens (including phenoxy) is 1. The number of carbonyl (C=O) groups excluding carboxylic acids is 1. The molecule has 0 heterocycles. The molecule has 0 saturated carbocycles. The van der Waals surface area contributed by atoms with Crippen molar-refractivity contribution in [2.75, 3.05) is 6.61 Å². The van der Waals surface area contributed by atoms with Crippen molar-refractivity contribution in [2.45, 2.75) is 0 Å². The fourth-order valence-corrected chi connectivity index (χ4v) is 0.959. The average Bonchev–Trinajstić information content (AvgIpc) is 2.25. The first-order chi connectivity index (χ1) is 6.79. The van der Waals surface area contributed by atoms with E-state index in [0.29, 0.717) is 5.75 Å². The Bertz CT molecular complexity index is 333. The van der Waals surface area contributed by atoms with E-state index < -0.39 is 5.97 Å². The molecule has 0 aromatic heterocycles. The maximum atomic E-state index is 11.0. The van der Waals surface area contributed by atoms with E-state index in [1.165, 1.54) is 6.07 Å². The second-order valence-corrected chi connectivity index (χ2v) is 2.47. The van der Waals surface area contributed by atoms with Crippen LogP contribution in [0.25, 0.3) is 0 Å². The van der Waals surface area contributed by atoms with Crippen LogP contribution in [-0.4, -0.2) is 17.8 Å². The Labute approximate surface area is 81.3 Å². The van der Waals surface area contributed by atoms with Gasteiger partial charge >= 0.3 is 5.97 Å². The third-order valence-corrected chi connectivity index (χ3v) is 1.55. The molecule has 0 unspecified atom stereocenters. The predicted molar refractivity (Wildman–Crippen MR) is 50.2 cm³/mol. The average molecular weight is 194 g/mol. The zero-order valence-electron chi connectivity index (χ0n) is 7.47. The van der Waals surface area contributed by atoms with Crippen molar-refractivity contribution < 1.29 is 19.7 Å². The van der Waals surface area contributed by atoms with E-state index in [0.717, 1.165) is 0 Å². The smallest absolute Gasteiger partial charge is 0.376 e. The Kier molecular flexibility index (Phi) is 3.69. The number of hydrogen-bond acceptors (Lipinski definition) is 4. The zero-order chi connectivity index (χ0) is 10.4. The Morgan fingerprint density at radius 3 is 2.86 bits per heavy atom. The van der Waals surface area contributed by atoms with Crippen molar-refractivity contribution >= 4 is 5.97 Å². The molecule has 0 aliphatic heterocycles. The van der Waals surface area contributed by atoms with E-state index in [1.54, 1.807) is 24.3 Å². The van der Waals surface area contributed by atoms with Gasteiger partial charge in [-0.2, -0.15) is 5.26 Å². The zero-order valence-corrected chi connectivity index (χ0v) is 7.47. The summed E-state index contributed by atoms with van der Waals surface area (Å²) in [5, 5.41) is 8.21. The molecule has 1 N–H and O–H groups in total. The van der Waals surface area contributed by atoms with Crippen molar-refractivity contribution in [1.82, 2.24) is 0 Å². The summed E-state index contributed by atoms with van der Waals surface area (Å²) in [7, 11) is 0. The highest BCUT2D eigenvalue weighted by Gasteiger charge is 2.12. The van der Waals surface area contributed by atoms with E-state index in [1.807, 2.05) is 0 Å². The van der Waals surface area contributed by atoms with Crippen LogP contribution in [0, 0.1) is 0 Å². The Morgan fingerprint density at radius 1 is 1.50 bits per heavy atom. The molecule has 1 aromatic rings. The minimum atomic E-state index is -0.843. The van der Waals surface area contributed by atoms with E-state index in [-0.39, 0.29) is 12.2 Å². The second kappa shape index (κ2) is 5.04. The van der Waals surface area contributed by atoms with Crippen LogP contribution in [0.4, 0.5) is 0 Å². The molecule has 14 heavy (non-hydrogen) atoms. The summed E-state index contributed by atoms with van der Waals surface area (Å²) in [6, 6.07) is 6.46. The van der Waals surface area contributed by atoms with Crippen molar-refractivity contribution in [1.29, 1.82) is 0 Å². The molecule has 0 aliphatic carbocycles. The first-order valence-electron chi connectivity index (χ1n) is 3.98. The summed E-state index contributed by atoms with van der Waals surface area (Å²) in [5.74, 6) is -0.490. The maximum Gasteiger partial charge on any atom is 0.376 e. The monoisotopic (exact) mass is 194 g/mol. The van der Waals surface area contributed by atoms with Gasteiger partial charge in [0.25, 0.3) is 0 Å². The Balaban J connectivity index is 2.90. The number of hydrogen-bond donors (Lipinski definition) is 1. The van der Waals surface area contributed by atoms with Crippen LogP contribution in [-0.2, 0) is 4.89 Å². The third kappa shape index (κ3) is 2.34. The molecule has 4 heteroatoms. The van der Waals surface area contributed by atoms with Crippen LogP contribution in [0.5, 0.6) is 5.75 Å². The van der Waals surface area contributed by atoms with Crippen LogP contribution >= 0.6 is 0 Å². The molecule has 1 aromatic carbocycles. The standard InChI is InChI=1S/C10H10O4/c1-2-7-13-9-6-4-3-5-8(9)10(11)14-12/h2-6,12H,1,7H2. The minimum Gasteiger partial charge on any atom is -0.489 e. The van der Waals surface area contributed by atoms with Crippen molar-refractivity contribution in [3.05, 3.63) is 42.5 Å². The lowest BCUT2D eigenvalue weighted by atomic mass is 10.2. The number of benzene rings is 1. The van der Waals surface area contributed by atoms with Crippen LogP contribution in [0.15, 0.2) is 36.9 Å². The van der Waals surface area contributed by atoms with Crippen molar-refractivity contribution in [2.24, 2.45) is 0 Å². The van der Waals surface area contributed by atoms with Crippen molar-refractivity contribution in [3.63, 3.8) is 0 Å². The largest absolute Gasteiger partial charge is 0.489 e. The molecule has 0 spiro atoms. The molecule has 0 bridgehead atoms. The number of carbonyl (C=O) groups is 1. The van der Waals surface area contributed by atoms with Gasteiger partial charge in [0.1, 0.15) is 17.9 Å². The van der Waals surface area contributed by atoms with Gasteiger partial charge in [-0.1, -0.05) is 24.8 Å². The van der Waals surface area contributed by atoms with Gasteiger partial charge in [-0.15, -0.1) is 0 Å². The summed E-state index contributed by atoms with van der Waals surface area (Å²) >= 11 is 0. The molecular weight excluding hydrogens is 184 g/mol. The van der Waals surface area contributed by atoms with Gasteiger partial charge in [0, 0.05) is 0 Å². The van der Waals surface area contributed by atoms with Gasteiger partial charge in [0.05, 0.1) is 0 Å². The molecule has 74 valence electrons. The van der Waals surface area contributed by atoms with Gasteiger partial charge < -0.3 is 4.74 Å². The quantitative estimate of drug-likeness (QED) is 0.451. The second-order valence-electron chi connectivity index (χ2n) is 2.47. The topological polar surface area (TPSA) is 55.8 Å². The van der Waals surface area contributed by atoms with Crippen LogP contribution < -0.4 is 4.74 Å². The number of para-hydroxylation sites is 1. The third-order valence-electron chi connectivity index (χ3n) is 1.55. The van der Waals surface area contributed by atoms with Gasteiger partial charge in [-0.05, 0) is 12.1 Å². The molecular formula is C10H10O4.